The van der Waals surface area contributed by atoms with E-state index in [4.69, 9.17) is 44.9 Å². The van der Waals surface area contributed by atoms with Gasteiger partial charge in [0.2, 0.25) is 0 Å². The van der Waals surface area contributed by atoms with Crippen LogP contribution in [-0.4, -0.2) is 49.3 Å². The second-order valence-corrected chi connectivity index (χ2v) is 7.51. The lowest BCUT2D eigenvalue weighted by molar-refractivity contribution is 0.0389. The molecule has 0 radical (unpaired) electrons. The first kappa shape index (κ1) is 20.4. The Hall–Kier alpha value is -1.37. The van der Waals surface area contributed by atoms with E-state index in [1.54, 1.807) is 12.1 Å². The zero-order valence-corrected chi connectivity index (χ0v) is 17.2. The van der Waals surface area contributed by atoms with Gasteiger partial charge in [-0.15, -0.1) is 0 Å². The van der Waals surface area contributed by atoms with Crippen molar-refractivity contribution in [2.24, 2.45) is 0 Å². The highest BCUT2D eigenvalue weighted by atomic mass is 35.5. The number of nitrogens with one attached hydrogen (secondary N) is 1. The molecule has 2 aromatic rings. The molecule has 4 nitrogen and oxygen atoms in total. The summed E-state index contributed by atoms with van der Waals surface area (Å²) in [6.45, 7) is 5.77. The molecule has 0 aliphatic carbocycles. The van der Waals surface area contributed by atoms with Gasteiger partial charge in [-0.25, -0.2) is 0 Å². The van der Waals surface area contributed by atoms with Crippen LogP contribution in [0.5, 0.6) is 5.75 Å². The Morgan fingerprint density at radius 3 is 2.56 bits per heavy atom. The van der Waals surface area contributed by atoms with E-state index in [9.17, 15) is 0 Å². The molecule has 0 atom stereocenters. The normalized spacial score (nSPS) is 14.7. The molecular weight excluding hydrogens is 403 g/mol. The third-order valence-corrected chi connectivity index (χ3v) is 5.31. The Morgan fingerprint density at radius 1 is 1.11 bits per heavy atom. The Labute approximate surface area is 175 Å². The van der Waals surface area contributed by atoms with Gasteiger partial charge in [-0.3, -0.25) is 4.90 Å². The molecule has 144 valence electrons. The van der Waals surface area contributed by atoms with Gasteiger partial charge in [-0.1, -0.05) is 41.5 Å². The largest absolute Gasteiger partial charge is 0.489 e. The molecule has 0 spiro atoms. The van der Waals surface area contributed by atoms with Crippen molar-refractivity contribution in [2.75, 3.05) is 39.4 Å². The highest BCUT2D eigenvalue weighted by Crippen LogP contribution is 2.23. The molecule has 3 rings (SSSR count). The van der Waals surface area contributed by atoms with E-state index in [0.29, 0.717) is 16.7 Å². The summed E-state index contributed by atoms with van der Waals surface area (Å²) >= 11 is 17.6. The van der Waals surface area contributed by atoms with E-state index in [1.165, 1.54) is 0 Å². The smallest absolute Gasteiger partial charge is 0.119 e. The predicted octanol–water partition coefficient (Wildman–Crippen LogP) is 4.17. The lowest BCUT2D eigenvalue weighted by Crippen LogP contribution is -2.41. The van der Waals surface area contributed by atoms with Gasteiger partial charge in [-0.05, 0) is 36.4 Å². The van der Waals surface area contributed by atoms with E-state index in [2.05, 4.69) is 10.2 Å². The van der Waals surface area contributed by atoms with Crippen LogP contribution < -0.4 is 10.1 Å². The molecular formula is C20H22Cl2N2O2S. The van der Waals surface area contributed by atoms with E-state index in [0.717, 1.165) is 61.3 Å². The minimum atomic E-state index is 0.387. The van der Waals surface area contributed by atoms with Crippen molar-refractivity contribution in [1.29, 1.82) is 0 Å². The number of nitrogens with zero attached hydrogens (tertiary/aromatic N) is 1. The van der Waals surface area contributed by atoms with Gasteiger partial charge < -0.3 is 14.8 Å². The highest BCUT2D eigenvalue weighted by molar-refractivity contribution is 7.80. The lowest BCUT2D eigenvalue weighted by Gasteiger charge is -2.26. The SMILES string of the molecule is S=C(NCCN1CCOCC1)c1ccc(OCc2ccc(Cl)cc2Cl)cc1. The molecule has 1 aliphatic rings. The number of halogens is 2. The van der Waals surface area contributed by atoms with Crippen molar-refractivity contribution in [1.82, 2.24) is 10.2 Å². The monoisotopic (exact) mass is 424 g/mol. The number of thiocarbonyl (C=S) groups is 1. The van der Waals surface area contributed by atoms with Crippen molar-refractivity contribution in [2.45, 2.75) is 6.61 Å². The predicted molar refractivity (Wildman–Crippen MR) is 114 cm³/mol. The van der Waals surface area contributed by atoms with Crippen LogP contribution in [0, 0.1) is 0 Å². The van der Waals surface area contributed by atoms with Crippen molar-refractivity contribution < 1.29 is 9.47 Å². The van der Waals surface area contributed by atoms with Crippen LogP contribution in [0.25, 0.3) is 0 Å². The minimum Gasteiger partial charge on any atom is -0.489 e. The zero-order chi connectivity index (χ0) is 19.1. The van der Waals surface area contributed by atoms with Gasteiger partial charge in [0, 0.05) is 47.4 Å². The topological polar surface area (TPSA) is 33.7 Å². The fourth-order valence-electron chi connectivity index (χ4n) is 2.76. The first-order valence-electron chi connectivity index (χ1n) is 8.87. The Morgan fingerprint density at radius 2 is 1.85 bits per heavy atom. The maximum atomic E-state index is 6.17. The molecule has 1 aliphatic heterocycles. The Kier molecular flexibility index (Phi) is 7.73. The van der Waals surface area contributed by atoms with Gasteiger partial charge >= 0.3 is 0 Å². The molecule has 1 saturated heterocycles. The molecule has 0 saturated carbocycles. The van der Waals surface area contributed by atoms with Crippen LogP contribution in [0.1, 0.15) is 11.1 Å². The summed E-state index contributed by atoms with van der Waals surface area (Å²) in [5.74, 6) is 0.765. The van der Waals surface area contributed by atoms with Crippen LogP contribution in [0.4, 0.5) is 0 Å². The fraction of sp³-hybridized carbons (Fsp3) is 0.350. The summed E-state index contributed by atoms with van der Waals surface area (Å²) in [6, 6.07) is 13.1. The van der Waals surface area contributed by atoms with Crippen LogP contribution >= 0.6 is 35.4 Å². The Balaban J connectivity index is 1.45. The average molecular weight is 425 g/mol. The van der Waals surface area contributed by atoms with Crippen molar-refractivity contribution in [3.8, 4) is 5.75 Å². The summed E-state index contributed by atoms with van der Waals surface area (Å²) in [5, 5.41) is 4.53. The van der Waals surface area contributed by atoms with Gasteiger partial charge in [0.1, 0.15) is 17.3 Å². The van der Waals surface area contributed by atoms with E-state index >= 15 is 0 Å². The number of hydrogen-bond acceptors (Lipinski definition) is 4. The first-order chi connectivity index (χ1) is 13.1. The quantitative estimate of drug-likeness (QED) is 0.674. The number of benzene rings is 2. The molecule has 1 N–H and O–H groups in total. The summed E-state index contributed by atoms with van der Waals surface area (Å²) in [6.07, 6.45) is 0. The second-order valence-electron chi connectivity index (χ2n) is 6.26. The maximum Gasteiger partial charge on any atom is 0.119 e. The fourth-order valence-corrected chi connectivity index (χ4v) is 3.46. The summed E-state index contributed by atoms with van der Waals surface area (Å²) in [7, 11) is 0. The molecule has 2 aromatic carbocycles. The third-order valence-electron chi connectivity index (χ3n) is 4.34. The summed E-state index contributed by atoms with van der Waals surface area (Å²) < 4.78 is 11.2. The van der Waals surface area contributed by atoms with Crippen LogP contribution in [0.15, 0.2) is 42.5 Å². The van der Waals surface area contributed by atoms with E-state index < -0.39 is 0 Å². The molecule has 0 bridgehead atoms. The van der Waals surface area contributed by atoms with Crippen molar-refractivity contribution in [3.63, 3.8) is 0 Å². The number of morpholine rings is 1. The molecule has 1 fully saturated rings. The van der Waals surface area contributed by atoms with E-state index in [1.807, 2.05) is 30.3 Å². The van der Waals surface area contributed by atoms with Crippen molar-refractivity contribution in [3.05, 3.63) is 63.6 Å². The van der Waals surface area contributed by atoms with Gasteiger partial charge in [0.25, 0.3) is 0 Å². The molecule has 0 unspecified atom stereocenters. The Bertz CT molecular complexity index is 765. The second kappa shape index (κ2) is 10.2. The third kappa shape index (κ3) is 6.33. The standard InChI is InChI=1S/C20H22Cl2N2O2S/c21-17-4-1-16(19(22)13-17)14-26-18-5-2-15(3-6-18)20(27)23-7-8-24-9-11-25-12-10-24/h1-6,13H,7-12,14H2,(H,23,27). The number of ether oxygens (including phenoxy) is 2. The minimum absolute atomic E-state index is 0.387. The summed E-state index contributed by atoms with van der Waals surface area (Å²) in [5.41, 5.74) is 1.87. The maximum absolute atomic E-state index is 6.17. The van der Waals surface area contributed by atoms with Crippen LogP contribution in [0.3, 0.4) is 0 Å². The zero-order valence-electron chi connectivity index (χ0n) is 14.9. The first-order valence-corrected chi connectivity index (χ1v) is 10.0. The molecule has 1 heterocycles. The van der Waals surface area contributed by atoms with Crippen molar-refractivity contribution >= 4 is 40.4 Å². The summed E-state index contributed by atoms with van der Waals surface area (Å²) in [4.78, 5) is 3.12. The lowest BCUT2D eigenvalue weighted by atomic mass is 10.2. The van der Waals surface area contributed by atoms with Gasteiger partial charge in [-0.2, -0.15) is 0 Å². The van der Waals surface area contributed by atoms with Crippen LogP contribution in [-0.2, 0) is 11.3 Å². The van der Waals surface area contributed by atoms with Gasteiger partial charge in [0.15, 0.2) is 0 Å². The average Bonchev–Trinajstić information content (AvgIpc) is 2.68. The van der Waals surface area contributed by atoms with Crippen LogP contribution in [0.2, 0.25) is 10.0 Å². The number of rotatable bonds is 7. The highest BCUT2D eigenvalue weighted by Gasteiger charge is 2.10. The van der Waals surface area contributed by atoms with E-state index in [-0.39, 0.29) is 0 Å². The molecule has 7 heteroatoms. The molecule has 0 aromatic heterocycles. The van der Waals surface area contributed by atoms with Gasteiger partial charge in [0.05, 0.1) is 13.2 Å². The molecule has 27 heavy (non-hydrogen) atoms. The molecule has 0 amide bonds. The number of hydrogen-bond donors (Lipinski definition) is 1.